The Morgan fingerprint density at radius 1 is 1.37 bits per heavy atom. The Morgan fingerprint density at radius 3 is 3.11 bits per heavy atom. The molecule has 3 rings (SSSR count). The third-order valence-electron chi connectivity index (χ3n) is 3.54. The van der Waals surface area contributed by atoms with Gasteiger partial charge >= 0.3 is 0 Å². The van der Waals surface area contributed by atoms with Gasteiger partial charge in [0.1, 0.15) is 11.5 Å². The molecule has 3 nitrogen and oxygen atoms in total. The summed E-state index contributed by atoms with van der Waals surface area (Å²) in [5, 5.41) is 4.21. The van der Waals surface area contributed by atoms with Crippen molar-refractivity contribution in [2.75, 3.05) is 12.4 Å². The van der Waals surface area contributed by atoms with Crippen LogP contribution < -0.4 is 10.1 Å². The van der Waals surface area contributed by atoms with Crippen LogP contribution in [-0.2, 0) is 6.42 Å². The van der Waals surface area contributed by atoms with Crippen molar-refractivity contribution in [2.45, 2.75) is 25.3 Å². The molecule has 1 N–H and O–H groups in total. The summed E-state index contributed by atoms with van der Waals surface area (Å²) in [6.45, 7) is 0. The first kappa shape index (κ1) is 12.4. The van der Waals surface area contributed by atoms with E-state index in [0.717, 1.165) is 36.5 Å². The zero-order chi connectivity index (χ0) is 13.2. The molecule has 0 bridgehead atoms. The van der Waals surface area contributed by atoms with Gasteiger partial charge in [0.15, 0.2) is 0 Å². The highest BCUT2D eigenvalue weighted by Crippen LogP contribution is 2.36. The summed E-state index contributed by atoms with van der Waals surface area (Å²) in [5.74, 6) is 1.89. The Bertz CT molecular complexity index is 579. The van der Waals surface area contributed by atoms with Crippen molar-refractivity contribution in [3.05, 3.63) is 46.9 Å². The molecular weight excluding hydrogens is 262 g/mol. The molecule has 0 saturated carbocycles. The molecule has 2 aromatic rings. The first-order valence-electron chi connectivity index (χ1n) is 6.44. The summed E-state index contributed by atoms with van der Waals surface area (Å²) in [6.07, 6.45) is 5.00. The van der Waals surface area contributed by atoms with Crippen LogP contribution in [0.3, 0.4) is 0 Å². The standard InChI is InChI=1S/C15H16ClNO2/c1-18-15-6-5-10(16)9-13(15)17-12-3-2-4-14-11(12)7-8-19-14/h5-9,12,17H,2-4H2,1H3. The van der Waals surface area contributed by atoms with Crippen LogP contribution in [-0.4, -0.2) is 7.11 Å². The monoisotopic (exact) mass is 277 g/mol. The fourth-order valence-electron chi connectivity index (χ4n) is 2.62. The number of rotatable bonds is 3. The smallest absolute Gasteiger partial charge is 0.142 e. The summed E-state index contributed by atoms with van der Waals surface area (Å²) >= 11 is 6.06. The lowest BCUT2D eigenvalue weighted by Crippen LogP contribution is -2.16. The van der Waals surface area contributed by atoms with Gasteiger partial charge in [0.25, 0.3) is 0 Å². The second-order valence-electron chi connectivity index (χ2n) is 4.73. The fourth-order valence-corrected chi connectivity index (χ4v) is 2.79. The van der Waals surface area contributed by atoms with Gasteiger partial charge in [-0.25, -0.2) is 0 Å². The van der Waals surface area contributed by atoms with Gasteiger partial charge in [0.2, 0.25) is 0 Å². The minimum atomic E-state index is 0.259. The minimum absolute atomic E-state index is 0.259. The average molecular weight is 278 g/mol. The third-order valence-corrected chi connectivity index (χ3v) is 3.78. The number of anilines is 1. The van der Waals surface area contributed by atoms with Crippen LogP contribution in [0.25, 0.3) is 0 Å². The van der Waals surface area contributed by atoms with Crippen LogP contribution in [0.15, 0.2) is 34.9 Å². The van der Waals surface area contributed by atoms with Gasteiger partial charge in [-0.15, -0.1) is 0 Å². The number of fused-ring (bicyclic) bond motifs is 1. The van der Waals surface area contributed by atoms with Crippen molar-refractivity contribution >= 4 is 17.3 Å². The highest BCUT2D eigenvalue weighted by atomic mass is 35.5. The maximum atomic E-state index is 6.06. The van der Waals surface area contributed by atoms with Crippen molar-refractivity contribution in [1.82, 2.24) is 0 Å². The number of aryl methyl sites for hydroxylation is 1. The number of nitrogens with one attached hydrogen (secondary N) is 1. The predicted molar refractivity (Wildman–Crippen MR) is 76.0 cm³/mol. The number of ether oxygens (including phenoxy) is 1. The van der Waals surface area contributed by atoms with Crippen LogP contribution in [0.1, 0.15) is 30.2 Å². The Hall–Kier alpha value is -1.61. The van der Waals surface area contributed by atoms with Crippen LogP contribution in [0, 0.1) is 0 Å². The summed E-state index contributed by atoms with van der Waals surface area (Å²) < 4.78 is 10.9. The van der Waals surface area contributed by atoms with Crippen LogP contribution >= 0.6 is 11.6 Å². The number of methoxy groups -OCH3 is 1. The van der Waals surface area contributed by atoms with Gasteiger partial charge in [-0.05, 0) is 37.1 Å². The van der Waals surface area contributed by atoms with Crippen LogP contribution in [0.4, 0.5) is 5.69 Å². The molecule has 1 unspecified atom stereocenters. The molecule has 0 fully saturated rings. The van der Waals surface area contributed by atoms with Gasteiger partial charge in [-0.1, -0.05) is 11.6 Å². The van der Waals surface area contributed by atoms with E-state index in [1.807, 2.05) is 24.3 Å². The summed E-state index contributed by atoms with van der Waals surface area (Å²) in [6, 6.07) is 7.91. The normalized spacial score (nSPS) is 17.9. The predicted octanol–water partition coefficient (Wildman–Crippen LogP) is 4.43. The summed E-state index contributed by atoms with van der Waals surface area (Å²) in [7, 11) is 1.67. The lowest BCUT2D eigenvalue weighted by atomic mass is 9.93. The number of benzene rings is 1. The van der Waals surface area contributed by atoms with Gasteiger partial charge in [0.05, 0.1) is 25.1 Å². The Morgan fingerprint density at radius 2 is 2.26 bits per heavy atom. The molecule has 1 aromatic carbocycles. The first-order chi connectivity index (χ1) is 9.28. The topological polar surface area (TPSA) is 34.4 Å². The highest BCUT2D eigenvalue weighted by molar-refractivity contribution is 6.30. The first-order valence-corrected chi connectivity index (χ1v) is 6.82. The van der Waals surface area contributed by atoms with E-state index < -0.39 is 0 Å². The molecule has 4 heteroatoms. The lowest BCUT2D eigenvalue weighted by molar-refractivity contribution is 0.414. The average Bonchev–Trinajstić information content (AvgIpc) is 2.88. The SMILES string of the molecule is COc1ccc(Cl)cc1NC1CCCc2occc21. The molecule has 0 saturated heterocycles. The molecule has 0 amide bonds. The Labute approximate surface area is 117 Å². The Kier molecular flexibility index (Phi) is 3.38. The molecule has 100 valence electrons. The van der Waals surface area contributed by atoms with Crippen molar-refractivity contribution < 1.29 is 9.15 Å². The zero-order valence-electron chi connectivity index (χ0n) is 10.8. The minimum Gasteiger partial charge on any atom is -0.495 e. The van der Waals surface area contributed by atoms with Crippen molar-refractivity contribution in [2.24, 2.45) is 0 Å². The molecule has 1 aromatic heterocycles. The molecule has 1 heterocycles. The Balaban J connectivity index is 1.89. The summed E-state index contributed by atoms with van der Waals surface area (Å²) in [5.41, 5.74) is 2.17. The van der Waals surface area contributed by atoms with E-state index >= 15 is 0 Å². The van der Waals surface area contributed by atoms with Crippen molar-refractivity contribution in [3.8, 4) is 5.75 Å². The maximum Gasteiger partial charge on any atom is 0.142 e. The van der Waals surface area contributed by atoms with Crippen LogP contribution in [0.5, 0.6) is 5.75 Å². The van der Waals surface area contributed by atoms with E-state index in [0.29, 0.717) is 5.02 Å². The molecular formula is C15H16ClNO2. The maximum absolute atomic E-state index is 6.06. The van der Waals surface area contributed by atoms with Gasteiger partial charge in [-0.2, -0.15) is 0 Å². The van der Waals surface area contributed by atoms with Crippen LogP contribution in [0.2, 0.25) is 5.02 Å². The molecule has 0 radical (unpaired) electrons. The molecule has 0 spiro atoms. The summed E-state index contributed by atoms with van der Waals surface area (Å²) in [4.78, 5) is 0. The molecule has 0 aliphatic heterocycles. The second kappa shape index (κ2) is 5.17. The largest absolute Gasteiger partial charge is 0.495 e. The van der Waals surface area contributed by atoms with E-state index in [1.165, 1.54) is 5.56 Å². The van der Waals surface area contributed by atoms with E-state index in [2.05, 4.69) is 5.32 Å². The number of hydrogen-bond acceptors (Lipinski definition) is 3. The van der Waals surface area contributed by atoms with E-state index in [9.17, 15) is 0 Å². The third kappa shape index (κ3) is 2.43. The van der Waals surface area contributed by atoms with Gasteiger partial charge in [-0.3, -0.25) is 0 Å². The fraction of sp³-hybridized carbons (Fsp3) is 0.333. The molecule has 1 atom stereocenters. The number of furan rings is 1. The van der Waals surface area contributed by atoms with Crippen molar-refractivity contribution in [3.63, 3.8) is 0 Å². The second-order valence-corrected chi connectivity index (χ2v) is 5.17. The van der Waals surface area contributed by atoms with Crippen molar-refractivity contribution in [1.29, 1.82) is 0 Å². The number of halogens is 1. The highest BCUT2D eigenvalue weighted by Gasteiger charge is 2.23. The van der Waals surface area contributed by atoms with E-state index in [-0.39, 0.29) is 6.04 Å². The van der Waals surface area contributed by atoms with Gasteiger partial charge in [0, 0.05) is 17.0 Å². The molecule has 1 aliphatic rings. The van der Waals surface area contributed by atoms with E-state index in [1.54, 1.807) is 13.4 Å². The molecule has 19 heavy (non-hydrogen) atoms. The molecule has 1 aliphatic carbocycles. The van der Waals surface area contributed by atoms with Gasteiger partial charge < -0.3 is 14.5 Å². The van der Waals surface area contributed by atoms with E-state index in [4.69, 9.17) is 20.8 Å². The quantitative estimate of drug-likeness (QED) is 0.901. The zero-order valence-corrected chi connectivity index (χ0v) is 11.5. The number of hydrogen-bond donors (Lipinski definition) is 1. The lowest BCUT2D eigenvalue weighted by Gasteiger charge is -2.24.